The number of rotatable bonds is 2. The van der Waals surface area contributed by atoms with Crippen molar-refractivity contribution in [3.05, 3.63) is 11.3 Å². The minimum absolute atomic E-state index is 0.195. The molecule has 1 unspecified atom stereocenters. The van der Waals surface area contributed by atoms with Gasteiger partial charge in [-0.05, 0) is 19.8 Å². The molecule has 0 saturated carbocycles. The van der Waals surface area contributed by atoms with Gasteiger partial charge in [-0.15, -0.1) is 0 Å². The number of hydrogen-bond acceptors (Lipinski definition) is 4. The van der Waals surface area contributed by atoms with Gasteiger partial charge in [-0.1, -0.05) is 0 Å². The van der Waals surface area contributed by atoms with E-state index in [9.17, 15) is 4.79 Å². The summed E-state index contributed by atoms with van der Waals surface area (Å²) in [6.45, 7) is 2.40. The van der Waals surface area contributed by atoms with Crippen molar-refractivity contribution in [2.24, 2.45) is 11.5 Å². The van der Waals surface area contributed by atoms with Crippen molar-refractivity contribution >= 4 is 11.6 Å². The highest BCUT2D eigenvalue weighted by Crippen LogP contribution is 2.18. The summed E-state index contributed by atoms with van der Waals surface area (Å²) < 4.78 is 5.34. The summed E-state index contributed by atoms with van der Waals surface area (Å²) in [6.07, 6.45) is 1.10. The van der Waals surface area contributed by atoms with Gasteiger partial charge in [0.25, 0.3) is 5.91 Å². The lowest BCUT2D eigenvalue weighted by atomic mass is 10.0. The van der Waals surface area contributed by atoms with E-state index in [0.29, 0.717) is 24.3 Å². The second-order valence-corrected chi connectivity index (χ2v) is 3.29. The van der Waals surface area contributed by atoms with Crippen molar-refractivity contribution < 1.29 is 9.53 Å². The molecule has 0 spiro atoms. The Labute approximate surface area is 82.6 Å². The topological polar surface area (TPSA) is 102 Å². The molecule has 0 saturated heterocycles. The molecule has 5 nitrogen and oxygen atoms in total. The molecule has 0 radical (unpaired) electrons. The maximum atomic E-state index is 10.8. The van der Waals surface area contributed by atoms with Crippen LogP contribution < -0.4 is 11.5 Å². The fourth-order valence-electron chi connectivity index (χ4n) is 1.41. The zero-order valence-electron chi connectivity index (χ0n) is 8.17. The maximum absolute atomic E-state index is 10.8. The molecule has 0 aromatic heterocycles. The Morgan fingerprint density at radius 1 is 1.64 bits per heavy atom. The van der Waals surface area contributed by atoms with Gasteiger partial charge in [-0.2, -0.15) is 0 Å². The Bertz CT molecular complexity index is 296. The van der Waals surface area contributed by atoms with Crippen molar-refractivity contribution in [2.45, 2.75) is 25.9 Å². The summed E-state index contributed by atoms with van der Waals surface area (Å²) in [5.41, 5.74) is 11.6. The third-order valence-electron chi connectivity index (χ3n) is 2.27. The Hall–Kier alpha value is -1.36. The standard InChI is InChI=1S/C9H15N3O2/c1-5-7(10)6(3-2-4-14-5)8(11)9(12)13/h5,11H,2-4,10H2,1H3,(H2,12,13). The molecule has 0 aromatic rings. The number of primary amides is 1. The van der Waals surface area contributed by atoms with Gasteiger partial charge in [0.05, 0.1) is 6.10 Å². The zero-order valence-corrected chi connectivity index (χ0v) is 8.17. The fourth-order valence-corrected chi connectivity index (χ4v) is 1.41. The predicted molar refractivity (Wildman–Crippen MR) is 52.8 cm³/mol. The Morgan fingerprint density at radius 3 is 2.86 bits per heavy atom. The summed E-state index contributed by atoms with van der Waals surface area (Å²) in [5.74, 6) is -0.739. The van der Waals surface area contributed by atoms with Crippen LogP contribution in [0.2, 0.25) is 0 Å². The van der Waals surface area contributed by atoms with E-state index in [1.54, 1.807) is 6.92 Å². The first-order valence-corrected chi connectivity index (χ1v) is 4.53. The molecule has 1 aliphatic heterocycles. The average Bonchev–Trinajstić information content (AvgIpc) is 2.29. The van der Waals surface area contributed by atoms with Gasteiger partial charge < -0.3 is 16.2 Å². The summed E-state index contributed by atoms with van der Waals surface area (Å²) >= 11 is 0. The third-order valence-corrected chi connectivity index (χ3v) is 2.27. The molecule has 0 aromatic carbocycles. The van der Waals surface area contributed by atoms with E-state index in [2.05, 4.69) is 0 Å². The van der Waals surface area contributed by atoms with Crippen LogP contribution in [0.15, 0.2) is 11.3 Å². The minimum atomic E-state index is -0.739. The van der Waals surface area contributed by atoms with Crippen LogP contribution in [-0.2, 0) is 9.53 Å². The minimum Gasteiger partial charge on any atom is -0.400 e. The van der Waals surface area contributed by atoms with E-state index in [1.807, 2.05) is 0 Å². The van der Waals surface area contributed by atoms with Crippen LogP contribution in [-0.4, -0.2) is 24.3 Å². The molecule has 5 heteroatoms. The molecule has 1 heterocycles. The first-order valence-electron chi connectivity index (χ1n) is 4.53. The molecule has 1 amide bonds. The van der Waals surface area contributed by atoms with E-state index in [4.69, 9.17) is 21.6 Å². The van der Waals surface area contributed by atoms with Crippen molar-refractivity contribution in [1.82, 2.24) is 0 Å². The molecule has 78 valence electrons. The van der Waals surface area contributed by atoms with Gasteiger partial charge in [-0.25, -0.2) is 0 Å². The van der Waals surface area contributed by atoms with Gasteiger partial charge >= 0.3 is 0 Å². The van der Waals surface area contributed by atoms with E-state index < -0.39 is 5.91 Å². The number of nitrogens with one attached hydrogen (secondary N) is 1. The van der Waals surface area contributed by atoms with Gasteiger partial charge in [0.1, 0.15) is 5.71 Å². The van der Waals surface area contributed by atoms with Crippen LogP contribution in [0.1, 0.15) is 19.8 Å². The smallest absolute Gasteiger partial charge is 0.266 e. The number of amides is 1. The quantitative estimate of drug-likeness (QED) is 0.539. The molecule has 0 bridgehead atoms. The van der Waals surface area contributed by atoms with Crippen molar-refractivity contribution in [1.29, 1.82) is 5.41 Å². The lowest BCUT2D eigenvalue weighted by molar-refractivity contribution is -0.112. The first-order chi connectivity index (χ1) is 6.54. The predicted octanol–water partition coefficient (Wildman–Crippen LogP) is -0.0968. The second kappa shape index (κ2) is 4.23. The van der Waals surface area contributed by atoms with Crippen LogP contribution in [0, 0.1) is 5.41 Å². The maximum Gasteiger partial charge on any atom is 0.266 e. The highest BCUT2D eigenvalue weighted by molar-refractivity contribution is 6.43. The lowest BCUT2D eigenvalue weighted by Gasteiger charge is -2.12. The highest BCUT2D eigenvalue weighted by atomic mass is 16.5. The molecule has 0 aliphatic carbocycles. The molecule has 5 N–H and O–H groups in total. The summed E-state index contributed by atoms with van der Waals surface area (Å²) in [5, 5.41) is 7.49. The largest absolute Gasteiger partial charge is 0.400 e. The number of nitrogens with two attached hydrogens (primary N) is 2. The second-order valence-electron chi connectivity index (χ2n) is 3.29. The van der Waals surface area contributed by atoms with Crippen LogP contribution in [0.25, 0.3) is 0 Å². The van der Waals surface area contributed by atoms with Crippen molar-refractivity contribution in [2.75, 3.05) is 6.61 Å². The SMILES string of the molecule is CC1OCCCC(C(=N)C(N)=O)=C1N. The molecular weight excluding hydrogens is 182 g/mol. The Kier molecular flexibility index (Phi) is 3.24. The fraction of sp³-hybridized carbons (Fsp3) is 0.556. The molecular formula is C9H15N3O2. The summed E-state index contributed by atoms with van der Waals surface area (Å²) in [7, 11) is 0. The number of carbonyl (C=O) groups is 1. The Morgan fingerprint density at radius 2 is 2.29 bits per heavy atom. The van der Waals surface area contributed by atoms with Crippen LogP contribution in [0.3, 0.4) is 0 Å². The first kappa shape index (κ1) is 10.7. The van der Waals surface area contributed by atoms with Crippen molar-refractivity contribution in [3.63, 3.8) is 0 Å². The molecule has 14 heavy (non-hydrogen) atoms. The normalized spacial score (nSPS) is 23.1. The lowest BCUT2D eigenvalue weighted by Crippen LogP contribution is -2.28. The van der Waals surface area contributed by atoms with Gasteiger partial charge in [0.2, 0.25) is 0 Å². The van der Waals surface area contributed by atoms with Gasteiger partial charge in [0.15, 0.2) is 0 Å². The average molecular weight is 197 g/mol. The van der Waals surface area contributed by atoms with Crippen LogP contribution in [0.4, 0.5) is 0 Å². The number of carbonyl (C=O) groups excluding carboxylic acids is 1. The van der Waals surface area contributed by atoms with E-state index in [1.165, 1.54) is 0 Å². The monoisotopic (exact) mass is 197 g/mol. The zero-order chi connectivity index (χ0) is 10.7. The molecule has 1 atom stereocenters. The molecule has 1 aliphatic rings. The third kappa shape index (κ3) is 2.11. The van der Waals surface area contributed by atoms with Crippen molar-refractivity contribution in [3.8, 4) is 0 Å². The summed E-state index contributed by atoms with van der Waals surface area (Å²) in [6, 6.07) is 0. The number of ether oxygens (including phenoxy) is 1. The molecule has 1 rings (SSSR count). The van der Waals surface area contributed by atoms with Crippen LogP contribution >= 0.6 is 0 Å². The highest BCUT2D eigenvalue weighted by Gasteiger charge is 2.21. The van der Waals surface area contributed by atoms with Gasteiger partial charge in [0, 0.05) is 17.9 Å². The Balaban J connectivity index is 2.97. The van der Waals surface area contributed by atoms with Crippen LogP contribution in [0.5, 0.6) is 0 Å². The van der Waals surface area contributed by atoms with E-state index in [0.717, 1.165) is 6.42 Å². The van der Waals surface area contributed by atoms with E-state index >= 15 is 0 Å². The van der Waals surface area contributed by atoms with Gasteiger partial charge in [-0.3, -0.25) is 10.2 Å². The number of hydrogen-bond donors (Lipinski definition) is 3. The molecule has 0 fully saturated rings. The summed E-state index contributed by atoms with van der Waals surface area (Å²) in [4.78, 5) is 10.8. The van der Waals surface area contributed by atoms with E-state index in [-0.39, 0.29) is 11.8 Å².